The van der Waals surface area contributed by atoms with Crippen molar-refractivity contribution in [2.45, 2.75) is 44.6 Å². The maximum atomic E-state index is 5.76. The van der Waals surface area contributed by atoms with E-state index in [0.29, 0.717) is 17.4 Å². The summed E-state index contributed by atoms with van der Waals surface area (Å²) in [7, 11) is 1.59. The van der Waals surface area contributed by atoms with Crippen LogP contribution in [0.3, 0.4) is 0 Å². The van der Waals surface area contributed by atoms with Gasteiger partial charge in [0.15, 0.2) is 11.6 Å². The second kappa shape index (κ2) is 4.77. The van der Waals surface area contributed by atoms with Gasteiger partial charge in [0.25, 0.3) is 0 Å². The predicted octanol–water partition coefficient (Wildman–Crippen LogP) is 2.20. The van der Waals surface area contributed by atoms with Gasteiger partial charge in [0.2, 0.25) is 5.75 Å². The van der Waals surface area contributed by atoms with Crippen molar-refractivity contribution >= 4 is 11.6 Å². The SMILES string of the molecule is COc1c(N)ncnc1NC1(C)CCCCC1. The van der Waals surface area contributed by atoms with E-state index >= 15 is 0 Å². The molecule has 5 heteroatoms. The standard InChI is InChI=1S/C12H20N4O/c1-12(6-4-3-5-7-12)16-11-9(17-2)10(13)14-8-15-11/h8H,3-7H2,1-2H3,(H3,13,14,15,16). The van der Waals surface area contributed by atoms with E-state index < -0.39 is 0 Å². The van der Waals surface area contributed by atoms with Crippen molar-refractivity contribution in [2.24, 2.45) is 0 Å². The Morgan fingerprint density at radius 1 is 1.29 bits per heavy atom. The number of methoxy groups -OCH3 is 1. The molecule has 0 aromatic carbocycles. The molecule has 1 fully saturated rings. The lowest BCUT2D eigenvalue weighted by Gasteiger charge is -2.35. The molecule has 1 aromatic rings. The van der Waals surface area contributed by atoms with Crippen molar-refractivity contribution in [3.8, 4) is 5.75 Å². The summed E-state index contributed by atoms with van der Waals surface area (Å²) in [6.45, 7) is 2.23. The number of nitrogen functional groups attached to an aromatic ring is 1. The van der Waals surface area contributed by atoms with Crippen LogP contribution < -0.4 is 15.8 Å². The Morgan fingerprint density at radius 2 is 2.00 bits per heavy atom. The van der Waals surface area contributed by atoms with Crippen LogP contribution in [0.4, 0.5) is 11.6 Å². The maximum absolute atomic E-state index is 5.76. The molecule has 0 spiro atoms. The van der Waals surface area contributed by atoms with Gasteiger partial charge < -0.3 is 15.8 Å². The highest BCUT2D eigenvalue weighted by Crippen LogP contribution is 2.34. The first-order valence-electron chi connectivity index (χ1n) is 6.07. The van der Waals surface area contributed by atoms with Crippen molar-refractivity contribution < 1.29 is 4.74 Å². The quantitative estimate of drug-likeness (QED) is 0.841. The van der Waals surface area contributed by atoms with Crippen LogP contribution in [0.25, 0.3) is 0 Å². The van der Waals surface area contributed by atoms with Crippen molar-refractivity contribution in [1.82, 2.24) is 9.97 Å². The first kappa shape index (κ1) is 12.0. The van der Waals surface area contributed by atoms with Crippen LogP contribution in [-0.4, -0.2) is 22.6 Å². The number of rotatable bonds is 3. The van der Waals surface area contributed by atoms with Crippen molar-refractivity contribution in [3.63, 3.8) is 0 Å². The third-order valence-electron chi connectivity index (χ3n) is 3.41. The Labute approximate surface area is 102 Å². The molecular formula is C12H20N4O. The Kier molecular flexibility index (Phi) is 3.36. The lowest BCUT2D eigenvalue weighted by atomic mass is 9.83. The average Bonchev–Trinajstić information content (AvgIpc) is 2.30. The fourth-order valence-corrected chi connectivity index (χ4v) is 2.42. The van der Waals surface area contributed by atoms with E-state index in [1.807, 2.05) is 0 Å². The summed E-state index contributed by atoms with van der Waals surface area (Å²) >= 11 is 0. The number of ether oxygens (including phenoxy) is 1. The zero-order valence-electron chi connectivity index (χ0n) is 10.5. The van der Waals surface area contributed by atoms with E-state index in [2.05, 4.69) is 22.2 Å². The molecule has 0 amide bonds. The molecule has 17 heavy (non-hydrogen) atoms. The molecule has 2 rings (SSSR count). The van der Waals surface area contributed by atoms with Crippen LogP contribution in [0.15, 0.2) is 6.33 Å². The third-order valence-corrected chi connectivity index (χ3v) is 3.41. The van der Waals surface area contributed by atoms with Gasteiger partial charge in [-0.15, -0.1) is 0 Å². The van der Waals surface area contributed by atoms with Crippen LogP contribution in [-0.2, 0) is 0 Å². The second-order valence-corrected chi connectivity index (χ2v) is 4.89. The van der Waals surface area contributed by atoms with E-state index in [1.165, 1.54) is 25.6 Å². The van der Waals surface area contributed by atoms with Crippen molar-refractivity contribution in [2.75, 3.05) is 18.2 Å². The molecular weight excluding hydrogens is 216 g/mol. The predicted molar refractivity (Wildman–Crippen MR) is 68.1 cm³/mol. The van der Waals surface area contributed by atoms with E-state index in [1.54, 1.807) is 7.11 Å². The zero-order valence-corrected chi connectivity index (χ0v) is 10.5. The summed E-state index contributed by atoms with van der Waals surface area (Å²) in [5, 5.41) is 3.46. The van der Waals surface area contributed by atoms with Gasteiger partial charge in [-0.05, 0) is 19.8 Å². The van der Waals surface area contributed by atoms with Gasteiger partial charge in [0.05, 0.1) is 7.11 Å². The summed E-state index contributed by atoms with van der Waals surface area (Å²) < 4.78 is 5.25. The van der Waals surface area contributed by atoms with E-state index in [0.717, 1.165) is 12.8 Å². The molecule has 94 valence electrons. The molecule has 0 atom stereocenters. The number of nitrogens with one attached hydrogen (secondary N) is 1. The van der Waals surface area contributed by atoms with Crippen LogP contribution >= 0.6 is 0 Å². The molecule has 1 aliphatic rings. The Bertz CT molecular complexity index is 388. The molecule has 0 radical (unpaired) electrons. The number of aromatic nitrogens is 2. The monoisotopic (exact) mass is 236 g/mol. The van der Waals surface area contributed by atoms with Crippen LogP contribution in [0.5, 0.6) is 5.75 Å². The molecule has 0 unspecified atom stereocenters. The fourth-order valence-electron chi connectivity index (χ4n) is 2.42. The van der Waals surface area contributed by atoms with E-state index in [-0.39, 0.29) is 5.54 Å². The second-order valence-electron chi connectivity index (χ2n) is 4.89. The smallest absolute Gasteiger partial charge is 0.203 e. The Hall–Kier alpha value is -1.52. The number of hydrogen-bond acceptors (Lipinski definition) is 5. The summed E-state index contributed by atoms with van der Waals surface area (Å²) in [6, 6.07) is 0. The van der Waals surface area contributed by atoms with E-state index in [4.69, 9.17) is 10.5 Å². The van der Waals surface area contributed by atoms with Crippen molar-refractivity contribution in [3.05, 3.63) is 6.33 Å². The summed E-state index contributed by atoms with van der Waals surface area (Å²) in [5.74, 6) is 1.62. The Morgan fingerprint density at radius 3 is 2.65 bits per heavy atom. The normalized spacial score (nSPS) is 18.7. The topological polar surface area (TPSA) is 73.1 Å². The van der Waals surface area contributed by atoms with Crippen LogP contribution in [0.2, 0.25) is 0 Å². The Balaban J connectivity index is 2.20. The molecule has 1 aromatic heterocycles. The lowest BCUT2D eigenvalue weighted by molar-refractivity contribution is 0.345. The van der Waals surface area contributed by atoms with Gasteiger partial charge in [-0.25, -0.2) is 9.97 Å². The first-order chi connectivity index (χ1) is 8.14. The number of nitrogens with zero attached hydrogens (tertiary/aromatic N) is 2. The average molecular weight is 236 g/mol. The van der Waals surface area contributed by atoms with Crippen LogP contribution in [0, 0.1) is 0 Å². The van der Waals surface area contributed by atoms with Crippen molar-refractivity contribution in [1.29, 1.82) is 0 Å². The van der Waals surface area contributed by atoms with Gasteiger partial charge in [-0.3, -0.25) is 0 Å². The summed E-state index contributed by atoms with van der Waals surface area (Å²) in [4.78, 5) is 8.15. The number of anilines is 2. The highest BCUT2D eigenvalue weighted by molar-refractivity contribution is 5.62. The third kappa shape index (κ3) is 2.60. The lowest BCUT2D eigenvalue weighted by Crippen LogP contribution is -2.37. The highest BCUT2D eigenvalue weighted by atomic mass is 16.5. The summed E-state index contributed by atoms with van der Waals surface area (Å²) in [5.41, 5.74) is 5.85. The molecule has 5 nitrogen and oxygen atoms in total. The van der Waals surface area contributed by atoms with Gasteiger partial charge in [0.1, 0.15) is 6.33 Å². The zero-order chi connectivity index (χ0) is 12.3. The molecule has 0 saturated heterocycles. The van der Waals surface area contributed by atoms with Gasteiger partial charge in [-0.1, -0.05) is 19.3 Å². The molecule has 3 N–H and O–H groups in total. The fraction of sp³-hybridized carbons (Fsp3) is 0.667. The van der Waals surface area contributed by atoms with Gasteiger partial charge >= 0.3 is 0 Å². The number of nitrogens with two attached hydrogens (primary N) is 1. The molecule has 1 aliphatic carbocycles. The molecule has 0 bridgehead atoms. The minimum atomic E-state index is 0.0896. The summed E-state index contributed by atoms with van der Waals surface area (Å²) in [6.07, 6.45) is 7.60. The van der Waals surface area contributed by atoms with Gasteiger partial charge in [0, 0.05) is 5.54 Å². The highest BCUT2D eigenvalue weighted by Gasteiger charge is 2.28. The minimum Gasteiger partial charge on any atom is -0.490 e. The molecule has 1 heterocycles. The minimum absolute atomic E-state index is 0.0896. The number of hydrogen-bond donors (Lipinski definition) is 2. The van der Waals surface area contributed by atoms with E-state index in [9.17, 15) is 0 Å². The molecule has 1 saturated carbocycles. The van der Waals surface area contributed by atoms with Gasteiger partial charge in [-0.2, -0.15) is 0 Å². The molecule has 0 aliphatic heterocycles. The maximum Gasteiger partial charge on any atom is 0.203 e. The largest absolute Gasteiger partial charge is 0.490 e. The van der Waals surface area contributed by atoms with Crippen LogP contribution in [0.1, 0.15) is 39.0 Å². The first-order valence-corrected chi connectivity index (χ1v) is 6.07.